The van der Waals surface area contributed by atoms with E-state index in [1.54, 1.807) is 0 Å². The number of nitrogens with zero attached hydrogens (tertiary/aromatic N) is 1. The van der Waals surface area contributed by atoms with Crippen LogP contribution in [0.5, 0.6) is 0 Å². The van der Waals surface area contributed by atoms with Gasteiger partial charge in [0, 0.05) is 12.2 Å². The van der Waals surface area contributed by atoms with E-state index in [9.17, 15) is 0 Å². The SMILES string of the molecule is CN(C)CCCNc1ccccc1Cc1ccccc1. The van der Waals surface area contributed by atoms with Crippen LogP contribution in [-0.4, -0.2) is 32.1 Å². The first-order valence-corrected chi connectivity index (χ1v) is 7.26. The minimum absolute atomic E-state index is 0.984. The van der Waals surface area contributed by atoms with Gasteiger partial charge in [-0.15, -0.1) is 0 Å². The van der Waals surface area contributed by atoms with E-state index in [4.69, 9.17) is 0 Å². The van der Waals surface area contributed by atoms with Crippen molar-refractivity contribution in [3.05, 3.63) is 65.7 Å². The van der Waals surface area contributed by atoms with Crippen LogP contribution in [0, 0.1) is 0 Å². The fourth-order valence-corrected chi connectivity index (χ4v) is 2.28. The van der Waals surface area contributed by atoms with Gasteiger partial charge >= 0.3 is 0 Å². The second-order valence-corrected chi connectivity index (χ2v) is 5.40. The van der Waals surface area contributed by atoms with Crippen LogP contribution in [0.4, 0.5) is 5.69 Å². The lowest BCUT2D eigenvalue weighted by molar-refractivity contribution is 0.405. The fraction of sp³-hybridized carbons (Fsp3) is 0.333. The number of anilines is 1. The van der Waals surface area contributed by atoms with Gasteiger partial charge in [-0.2, -0.15) is 0 Å². The maximum atomic E-state index is 3.56. The van der Waals surface area contributed by atoms with E-state index in [1.807, 2.05) is 0 Å². The summed E-state index contributed by atoms with van der Waals surface area (Å²) in [5.74, 6) is 0. The quantitative estimate of drug-likeness (QED) is 0.771. The van der Waals surface area contributed by atoms with Gasteiger partial charge in [-0.05, 0) is 50.7 Å². The van der Waals surface area contributed by atoms with Crippen LogP contribution in [0.1, 0.15) is 17.5 Å². The Kier molecular flexibility index (Phi) is 5.63. The van der Waals surface area contributed by atoms with Crippen LogP contribution in [0.15, 0.2) is 54.6 Å². The molecule has 106 valence electrons. The Hall–Kier alpha value is -1.80. The van der Waals surface area contributed by atoms with Gasteiger partial charge in [0.15, 0.2) is 0 Å². The molecule has 2 aromatic rings. The highest BCUT2D eigenvalue weighted by molar-refractivity contribution is 5.52. The Morgan fingerprint density at radius 1 is 0.900 bits per heavy atom. The lowest BCUT2D eigenvalue weighted by Gasteiger charge is -2.14. The number of nitrogens with one attached hydrogen (secondary N) is 1. The fourth-order valence-electron chi connectivity index (χ4n) is 2.28. The van der Waals surface area contributed by atoms with E-state index in [0.717, 1.165) is 25.9 Å². The van der Waals surface area contributed by atoms with Gasteiger partial charge < -0.3 is 10.2 Å². The highest BCUT2D eigenvalue weighted by Gasteiger charge is 2.02. The van der Waals surface area contributed by atoms with E-state index < -0.39 is 0 Å². The van der Waals surface area contributed by atoms with Crippen molar-refractivity contribution in [2.24, 2.45) is 0 Å². The van der Waals surface area contributed by atoms with Gasteiger partial charge in [0.1, 0.15) is 0 Å². The summed E-state index contributed by atoms with van der Waals surface area (Å²) in [5.41, 5.74) is 3.98. The number of para-hydroxylation sites is 1. The molecule has 0 bridgehead atoms. The maximum absolute atomic E-state index is 3.56. The third kappa shape index (κ3) is 4.71. The third-order valence-corrected chi connectivity index (χ3v) is 3.35. The molecule has 0 radical (unpaired) electrons. The van der Waals surface area contributed by atoms with Crippen LogP contribution >= 0.6 is 0 Å². The Morgan fingerprint density at radius 2 is 1.60 bits per heavy atom. The Bertz CT molecular complexity index is 506. The summed E-state index contributed by atoms with van der Waals surface area (Å²) < 4.78 is 0. The molecule has 2 rings (SSSR count). The molecular weight excluding hydrogens is 244 g/mol. The van der Waals surface area contributed by atoms with Crippen molar-refractivity contribution >= 4 is 5.69 Å². The first-order valence-electron chi connectivity index (χ1n) is 7.26. The van der Waals surface area contributed by atoms with Crippen molar-refractivity contribution in [2.45, 2.75) is 12.8 Å². The number of hydrogen-bond donors (Lipinski definition) is 1. The molecule has 0 unspecified atom stereocenters. The molecule has 0 spiro atoms. The molecule has 1 N–H and O–H groups in total. The minimum Gasteiger partial charge on any atom is -0.385 e. The molecule has 0 aliphatic heterocycles. The lowest BCUT2D eigenvalue weighted by Crippen LogP contribution is -2.16. The van der Waals surface area contributed by atoms with Gasteiger partial charge in [0.05, 0.1) is 0 Å². The Labute approximate surface area is 122 Å². The van der Waals surface area contributed by atoms with Crippen molar-refractivity contribution in [3.8, 4) is 0 Å². The van der Waals surface area contributed by atoms with Crippen LogP contribution < -0.4 is 5.32 Å². The first kappa shape index (κ1) is 14.6. The van der Waals surface area contributed by atoms with Gasteiger partial charge in [0.2, 0.25) is 0 Å². The summed E-state index contributed by atoms with van der Waals surface area (Å²) >= 11 is 0. The topological polar surface area (TPSA) is 15.3 Å². The van der Waals surface area contributed by atoms with Gasteiger partial charge in [0.25, 0.3) is 0 Å². The van der Waals surface area contributed by atoms with E-state index in [2.05, 4.69) is 78.9 Å². The zero-order chi connectivity index (χ0) is 14.2. The summed E-state index contributed by atoms with van der Waals surface area (Å²) in [6.45, 7) is 2.14. The van der Waals surface area contributed by atoms with Crippen molar-refractivity contribution in [3.63, 3.8) is 0 Å². The molecular formula is C18H24N2. The second kappa shape index (κ2) is 7.71. The molecule has 0 aliphatic rings. The summed E-state index contributed by atoms with van der Waals surface area (Å²) in [6, 6.07) is 19.2. The van der Waals surface area contributed by atoms with Crippen molar-refractivity contribution in [1.29, 1.82) is 0 Å². The van der Waals surface area contributed by atoms with Gasteiger partial charge in [-0.1, -0.05) is 48.5 Å². The zero-order valence-electron chi connectivity index (χ0n) is 12.5. The van der Waals surface area contributed by atoms with Crippen LogP contribution in [0.25, 0.3) is 0 Å². The first-order chi connectivity index (χ1) is 9.75. The molecule has 0 aromatic heterocycles. The third-order valence-electron chi connectivity index (χ3n) is 3.35. The van der Waals surface area contributed by atoms with Crippen molar-refractivity contribution < 1.29 is 0 Å². The highest BCUT2D eigenvalue weighted by Crippen LogP contribution is 2.18. The highest BCUT2D eigenvalue weighted by atomic mass is 15.1. The van der Waals surface area contributed by atoms with Gasteiger partial charge in [-0.3, -0.25) is 0 Å². The van der Waals surface area contributed by atoms with Crippen molar-refractivity contribution in [1.82, 2.24) is 4.90 Å². The van der Waals surface area contributed by atoms with E-state index in [1.165, 1.54) is 16.8 Å². The molecule has 0 heterocycles. The predicted octanol–water partition coefficient (Wildman–Crippen LogP) is 3.64. The monoisotopic (exact) mass is 268 g/mol. The largest absolute Gasteiger partial charge is 0.385 e. The molecule has 2 heteroatoms. The molecule has 0 saturated carbocycles. The average molecular weight is 268 g/mol. The molecule has 2 aromatic carbocycles. The van der Waals surface area contributed by atoms with E-state index in [0.29, 0.717) is 0 Å². The standard InChI is InChI=1S/C18H24N2/c1-20(2)14-8-13-19-18-12-7-6-11-17(18)15-16-9-4-3-5-10-16/h3-7,9-12,19H,8,13-15H2,1-2H3. The summed E-state index contributed by atoms with van der Waals surface area (Å²) in [7, 11) is 4.23. The number of rotatable bonds is 7. The van der Waals surface area contributed by atoms with E-state index >= 15 is 0 Å². The predicted molar refractivity (Wildman–Crippen MR) is 87.4 cm³/mol. The molecule has 20 heavy (non-hydrogen) atoms. The second-order valence-electron chi connectivity index (χ2n) is 5.40. The normalized spacial score (nSPS) is 10.8. The molecule has 0 atom stereocenters. The number of hydrogen-bond acceptors (Lipinski definition) is 2. The molecule has 0 aliphatic carbocycles. The Morgan fingerprint density at radius 3 is 2.35 bits per heavy atom. The minimum atomic E-state index is 0.984. The smallest absolute Gasteiger partial charge is 0.0376 e. The van der Waals surface area contributed by atoms with Crippen molar-refractivity contribution in [2.75, 3.05) is 32.5 Å². The van der Waals surface area contributed by atoms with Crippen LogP contribution in [-0.2, 0) is 6.42 Å². The van der Waals surface area contributed by atoms with Crippen LogP contribution in [0.3, 0.4) is 0 Å². The van der Waals surface area contributed by atoms with E-state index in [-0.39, 0.29) is 0 Å². The summed E-state index contributed by atoms with van der Waals surface area (Å²) in [5, 5.41) is 3.56. The Balaban J connectivity index is 1.96. The molecule has 2 nitrogen and oxygen atoms in total. The summed E-state index contributed by atoms with van der Waals surface area (Å²) in [6.07, 6.45) is 2.14. The van der Waals surface area contributed by atoms with Crippen LogP contribution in [0.2, 0.25) is 0 Å². The number of benzene rings is 2. The lowest BCUT2D eigenvalue weighted by atomic mass is 10.0. The molecule has 0 amide bonds. The molecule has 0 fully saturated rings. The van der Waals surface area contributed by atoms with Gasteiger partial charge in [-0.25, -0.2) is 0 Å². The average Bonchev–Trinajstić information content (AvgIpc) is 2.46. The summed E-state index contributed by atoms with van der Waals surface area (Å²) in [4.78, 5) is 2.22. The maximum Gasteiger partial charge on any atom is 0.0376 e. The molecule has 0 saturated heterocycles. The zero-order valence-corrected chi connectivity index (χ0v) is 12.5.